The van der Waals surface area contributed by atoms with Crippen LogP contribution in [0.5, 0.6) is 0 Å². The number of hydrogen-bond acceptors (Lipinski definition) is 5. The molecule has 0 aliphatic heterocycles. The first-order valence-corrected chi connectivity index (χ1v) is 10.5. The molecule has 0 saturated heterocycles. The third-order valence-corrected chi connectivity index (χ3v) is 6.12. The van der Waals surface area contributed by atoms with Crippen LogP contribution in [0.4, 0.5) is 5.13 Å². The van der Waals surface area contributed by atoms with Gasteiger partial charge in [-0.2, -0.15) is 0 Å². The first kappa shape index (κ1) is 19.9. The van der Waals surface area contributed by atoms with Crippen molar-refractivity contribution in [2.24, 2.45) is 0 Å². The van der Waals surface area contributed by atoms with Crippen LogP contribution in [0.1, 0.15) is 16.7 Å². The molecule has 0 radical (unpaired) electrons. The van der Waals surface area contributed by atoms with Crippen molar-refractivity contribution >= 4 is 63.4 Å². The summed E-state index contributed by atoms with van der Waals surface area (Å²) in [5.74, 6) is 0.398. The zero-order valence-corrected chi connectivity index (χ0v) is 17.4. The first-order valence-electron chi connectivity index (χ1n) is 7.95. The van der Waals surface area contributed by atoms with Crippen molar-refractivity contribution in [3.05, 3.63) is 75.3 Å². The second kappa shape index (κ2) is 9.37. The lowest BCUT2D eigenvalue weighted by Crippen LogP contribution is -2.07. The Labute approximate surface area is 175 Å². The minimum absolute atomic E-state index is 0.246. The van der Waals surface area contributed by atoms with Crippen LogP contribution in [0, 0.1) is 6.92 Å². The van der Waals surface area contributed by atoms with E-state index >= 15 is 0 Å². The molecule has 0 bridgehead atoms. The monoisotopic (exact) mass is 435 g/mol. The van der Waals surface area contributed by atoms with Gasteiger partial charge in [0.25, 0.3) is 0 Å². The molecule has 0 spiro atoms. The van der Waals surface area contributed by atoms with Gasteiger partial charge in [-0.25, -0.2) is 0 Å². The maximum absolute atomic E-state index is 12.0. The van der Waals surface area contributed by atoms with Crippen molar-refractivity contribution in [3.63, 3.8) is 0 Å². The summed E-state index contributed by atoms with van der Waals surface area (Å²) in [6.45, 7) is 2.02. The quantitative estimate of drug-likeness (QED) is 0.288. The first-order chi connectivity index (χ1) is 13.0. The topological polar surface area (TPSA) is 54.9 Å². The highest BCUT2D eigenvalue weighted by molar-refractivity contribution is 8.00. The minimum Gasteiger partial charge on any atom is -0.297 e. The second-order valence-corrected chi connectivity index (χ2v) is 8.67. The van der Waals surface area contributed by atoms with Crippen molar-refractivity contribution < 1.29 is 4.79 Å². The molecule has 0 atom stereocenters. The van der Waals surface area contributed by atoms with Crippen molar-refractivity contribution in [2.75, 3.05) is 5.32 Å². The molecule has 4 nitrogen and oxygen atoms in total. The molecule has 0 fully saturated rings. The van der Waals surface area contributed by atoms with Crippen LogP contribution >= 0.6 is 46.3 Å². The zero-order valence-electron chi connectivity index (χ0n) is 14.3. The Hall–Kier alpha value is -1.86. The predicted molar refractivity (Wildman–Crippen MR) is 115 cm³/mol. The Kier molecular flexibility index (Phi) is 6.90. The molecule has 0 aliphatic carbocycles. The molecule has 1 heterocycles. The molecule has 1 N–H and O–H groups in total. The highest BCUT2D eigenvalue weighted by atomic mass is 35.5. The van der Waals surface area contributed by atoms with E-state index in [1.54, 1.807) is 18.2 Å². The van der Waals surface area contributed by atoms with Gasteiger partial charge in [-0.05, 0) is 36.3 Å². The van der Waals surface area contributed by atoms with Gasteiger partial charge in [-0.15, -0.1) is 10.2 Å². The number of anilines is 1. The van der Waals surface area contributed by atoms with Gasteiger partial charge in [0.05, 0.1) is 0 Å². The van der Waals surface area contributed by atoms with Gasteiger partial charge in [0.1, 0.15) is 0 Å². The van der Waals surface area contributed by atoms with E-state index in [9.17, 15) is 4.79 Å². The largest absolute Gasteiger partial charge is 0.297 e. The van der Waals surface area contributed by atoms with Crippen molar-refractivity contribution in [2.45, 2.75) is 17.0 Å². The third kappa shape index (κ3) is 6.07. The minimum atomic E-state index is -0.246. The van der Waals surface area contributed by atoms with Crippen LogP contribution < -0.4 is 5.32 Å². The van der Waals surface area contributed by atoms with Crippen LogP contribution in [0.3, 0.4) is 0 Å². The zero-order chi connectivity index (χ0) is 19.2. The number of nitrogens with one attached hydrogen (secondary N) is 1. The highest BCUT2D eigenvalue weighted by Crippen LogP contribution is 2.31. The lowest BCUT2D eigenvalue weighted by molar-refractivity contribution is -0.111. The number of benzene rings is 2. The Morgan fingerprint density at radius 2 is 1.96 bits per heavy atom. The predicted octanol–water partition coefficient (Wildman–Crippen LogP) is 6.10. The maximum atomic E-state index is 12.0. The molecule has 2 aromatic carbocycles. The number of aromatic nitrogens is 2. The van der Waals surface area contributed by atoms with Gasteiger partial charge < -0.3 is 0 Å². The second-order valence-electron chi connectivity index (χ2n) is 5.63. The average molecular weight is 436 g/mol. The number of amides is 1. The molecule has 138 valence electrons. The van der Waals surface area contributed by atoms with E-state index in [0.717, 1.165) is 15.5 Å². The van der Waals surface area contributed by atoms with Crippen molar-refractivity contribution in [1.29, 1.82) is 0 Å². The third-order valence-electron chi connectivity index (χ3n) is 3.51. The van der Waals surface area contributed by atoms with Gasteiger partial charge in [0.2, 0.25) is 11.0 Å². The normalized spacial score (nSPS) is 11.1. The van der Waals surface area contributed by atoms with Crippen LogP contribution in [-0.4, -0.2) is 16.1 Å². The number of nitrogens with zero attached hydrogens (tertiary/aromatic N) is 2. The molecule has 0 aliphatic rings. The Bertz CT molecular complexity index is 971. The summed E-state index contributed by atoms with van der Waals surface area (Å²) in [6, 6.07) is 13.3. The van der Waals surface area contributed by atoms with Gasteiger partial charge in [0.15, 0.2) is 4.34 Å². The molecule has 27 heavy (non-hydrogen) atoms. The number of rotatable bonds is 6. The summed E-state index contributed by atoms with van der Waals surface area (Å²) in [6.07, 6.45) is 3.24. The summed E-state index contributed by atoms with van der Waals surface area (Å²) < 4.78 is 0.749. The van der Waals surface area contributed by atoms with E-state index in [4.69, 9.17) is 23.2 Å². The number of carbonyl (C=O) groups excluding carboxylic acids is 1. The molecule has 0 unspecified atom stereocenters. The number of hydrogen-bond donors (Lipinski definition) is 1. The van der Waals surface area contributed by atoms with Gasteiger partial charge in [0, 0.05) is 21.9 Å². The molecule has 0 saturated carbocycles. The summed E-state index contributed by atoms with van der Waals surface area (Å²) >= 11 is 14.9. The van der Waals surface area contributed by atoms with Crippen LogP contribution in [0.2, 0.25) is 10.0 Å². The summed E-state index contributed by atoms with van der Waals surface area (Å²) in [5.41, 5.74) is 3.10. The van der Waals surface area contributed by atoms with Crippen LogP contribution in [-0.2, 0) is 10.5 Å². The average Bonchev–Trinajstić information content (AvgIpc) is 3.08. The van der Waals surface area contributed by atoms with E-state index < -0.39 is 0 Å². The van der Waals surface area contributed by atoms with Gasteiger partial charge in [-0.1, -0.05) is 82.2 Å². The van der Waals surface area contributed by atoms with Gasteiger partial charge >= 0.3 is 0 Å². The van der Waals surface area contributed by atoms with Crippen molar-refractivity contribution in [3.8, 4) is 0 Å². The van der Waals surface area contributed by atoms with Gasteiger partial charge in [-0.3, -0.25) is 10.1 Å². The number of halogens is 2. The molecule has 8 heteroatoms. The number of thioether (sulfide) groups is 1. The van der Waals surface area contributed by atoms with E-state index in [-0.39, 0.29) is 5.91 Å². The number of carbonyl (C=O) groups is 1. The molecule has 3 aromatic rings. The maximum Gasteiger partial charge on any atom is 0.250 e. The summed E-state index contributed by atoms with van der Waals surface area (Å²) in [7, 11) is 0. The Morgan fingerprint density at radius 1 is 1.19 bits per heavy atom. The van der Waals surface area contributed by atoms with E-state index in [1.165, 1.54) is 34.7 Å². The van der Waals surface area contributed by atoms with Crippen LogP contribution in [0.15, 0.2) is 52.9 Å². The molecule has 1 amide bonds. The lowest BCUT2D eigenvalue weighted by Gasteiger charge is -2.02. The van der Waals surface area contributed by atoms with E-state index in [1.807, 2.05) is 37.3 Å². The Balaban J connectivity index is 1.54. The molecule has 1 aromatic heterocycles. The van der Waals surface area contributed by atoms with Crippen LogP contribution in [0.25, 0.3) is 6.08 Å². The number of aryl methyl sites for hydroxylation is 1. The lowest BCUT2D eigenvalue weighted by atomic mass is 10.1. The fourth-order valence-electron chi connectivity index (χ4n) is 2.09. The molecule has 3 rings (SSSR count). The Morgan fingerprint density at radius 3 is 2.70 bits per heavy atom. The van der Waals surface area contributed by atoms with E-state index in [2.05, 4.69) is 15.5 Å². The fourth-order valence-corrected chi connectivity index (χ4v) is 4.41. The standard InChI is InChI=1S/C19H15Cl2N3OS2/c1-12-2-4-13(5-3-12)6-9-17(25)22-18-23-24-19(27-18)26-11-14-7-8-15(20)10-16(14)21/h2-10H,11H2,1H3,(H,22,23,25)/b9-6+. The molecular weight excluding hydrogens is 421 g/mol. The van der Waals surface area contributed by atoms with Crippen molar-refractivity contribution in [1.82, 2.24) is 10.2 Å². The highest BCUT2D eigenvalue weighted by Gasteiger charge is 2.09. The van der Waals surface area contributed by atoms with E-state index in [0.29, 0.717) is 20.9 Å². The SMILES string of the molecule is Cc1ccc(/C=C/C(=O)Nc2nnc(SCc3ccc(Cl)cc3Cl)s2)cc1. The summed E-state index contributed by atoms with van der Waals surface area (Å²) in [5, 5.41) is 12.5. The smallest absolute Gasteiger partial charge is 0.250 e. The molecular formula is C19H15Cl2N3OS2. The fraction of sp³-hybridized carbons (Fsp3) is 0.105. The summed E-state index contributed by atoms with van der Waals surface area (Å²) in [4.78, 5) is 12.0.